The maximum Gasteiger partial charge on any atom is 0.119 e. The molecule has 0 aliphatic rings. The second-order valence-corrected chi connectivity index (χ2v) is 4.68. The molecule has 0 aromatic heterocycles. The number of carbonyl (C=O) groups excluding carboxylic acids is 1. The molecule has 0 aromatic rings. The molecule has 0 bridgehead atoms. The van der Waals surface area contributed by atoms with Gasteiger partial charge in [-0.1, -0.05) is 64.0 Å². The van der Waals surface area contributed by atoms with Crippen LogP contribution in [0.5, 0.6) is 0 Å². The molecule has 0 aromatic carbocycles. The van der Waals surface area contributed by atoms with E-state index >= 15 is 0 Å². The van der Waals surface area contributed by atoms with Crippen molar-refractivity contribution in [3.63, 3.8) is 0 Å². The zero-order valence-electron chi connectivity index (χ0n) is 12.5. The number of rotatable bonds is 13. The van der Waals surface area contributed by atoms with Crippen molar-refractivity contribution < 1.29 is 6.17 Å². The minimum atomic E-state index is -0.488. The van der Waals surface area contributed by atoms with Crippen molar-refractivity contribution in [3.05, 3.63) is 12.2 Å². The van der Waals surface area contributed by atoms with Gasteiger partial charge in [0.05, 0.1) is 0 Å². The van der Waals surface area contributed by atoms with E-state index in [4.69, 9.17) is 1.37 Å². The Morgan fingerprint density at radius 1 is 0.824 bits per heavy atom. The van der Waals surface area contributed by atoms with Gasteiger partial charge in [-0.15, -0.1) is 0 Å². The highest BCUT2D eigenvalue weighted by Gasteiger charge is 1.91. The highest BCUT2D eigenvalue weighted by molar-refractivity contribution is 5.48. The van der Waals surface area contributed by atoms with Crippen LogP contribution in [-0.4, -0.2) is 6.29 Å². The number of unbranched alkanes of at least 4 members (excludes halogenated alkanes) is 8. The Balaban J connectivity index is 3.07. The van der Waals surface area contributed by atoms with Crippen molar-refractivity contribution in [2.75, 3.05) is 0 Å². The van der Waals surface area contributed by atoms with E-state index < -0.39 is 6.40 Å². The van der Waals surface area contributed by atoms with E-state index in [1.807, 2.05) is 0 Å². The third kappa shape index (κ3) is 15.4. The van der Waals surface area contributed by atoms with Crippen LogP contribution in [-0.2, 0) is 4.79 Å². The van der Waals surface area contributed by atoms with Crippen LogP contribution in [0.15, 0.2) is 12.2 Å². The lowest BCUT2D eigenvalue weighted by atomic mass is 10.1. The topological polar surface area (TPSA) is 17.1 Å². The molecule has 0 saturated heterocycles. The van der Waals surface area contributed by atoms with Crippen LogP contribution in [0.3, 0.4) is 0 Å². The van der Waals surface area contributed by atoms with Gasteiger partial charge in [0.25, 0.3) is 0 Å². The minimum absolute atomic E-state index is 0.488. The third-order valence-electron chi connectivity index (χ3n) is 2.98. The molecule has 0 aliphatic carbocycles. The predicted molar refractivity (Wildman–Crippen MR) is 76.3 cm³/mol. The molecule has 0 rings (SSSR count). The highest BCUT2D eigenvalue weighted by Crippen LogP contribution is 2.09. The van der Waals surface area contributed by atoms with Crippen LogP contribution in [0.25, 0.3) is 0 Å². The second kappa shape index (κ2) is 15.4. The molecule has 0 saturated carbocycles. The van der Waals surface area contributed by atoms with Crippen molar-refractivity contribution in [2.24, 2.45) is 0 Å². The van der Waals surface area contributed by atoms with E-state index in [-0.39, 0.29) is 0 Å². The molecular formula is C16H30O. The minimum Gasteiger partial charge on any atom is -0.303 e. The van der Waals surface area contributed by atoms with Gasteiger partial charge in [0.1, 0.15) is 6.29 Å². The molecule has 1 nitrogen and oxygen atoms in total. The number of hydrogen-bond donors (Lipinski definition) is 0. The van der Waals surface area contributed by atoms with Gasteiger partial charge in [0.15, 0.2) is 0 Å². The Bertz CT molecular complexity index is 201. The largest absolute Gasteiger partial charge is 0.303 e. The second-order valence-electron chi connectivity index (χ2n) is 4.68. The Kier molecular flexibility index (Phi) is 13.1. The van der Waals surface area contributed by atoms with Gasteiger partial charge in [-0.3, -0.25) is 0 Å². The number of aldehydes is 1. The lowest BCUT2D eigenvalue weighted by molar-refractivity contribution is -0.107. The molecular weight excluding hydrogens is 208 g/mol. The zero-order valence-corrected chi connectivity index (χ0v) is 11.5. The summed E-state index contributed by atoms with van der Waals surface area (Å²) in [6.07, 6.45) is 18.1. The number of allylic oxidation sites excluding steroid dienone is 2. The van der Waals surface area contributed by atoms with Crippen molar-refractivity contribution in [1.29, 1.82) is 0 Å². The summed E-state index contributed by atoms with van der Waals surface area (Å²) in [7, 11) is 0. The van der Waals surface area contributed by atoms with Gasteiger partial charge in [-0.25, -0.2) is 0 Å². The van der Waals surface area contributed by atoms with E-state index in [0.717, 1.165) is 19.1 Å². The molecule has 0 heterocycles. The van der Waals surface area contributed by atoms with Gasteiger partial charge < -0.3 is 4.79 Å². The van der Waals surface area contributed by atoms with Crippen LogP contribution in [0.4, 0.5) is 0 Å². The number of hydrogen-bond acceptors (Lipinski definition) is 1. The molecule has 0 spiro atoms. The van der Waals surface area contributed by atoms with Crippen LogP contribution >= 0.6 is 0 Å². The molecule has 1 atom stereocenters. The zero-order chi connectivity index (χ0) is 13.5. The van der Waals surface area contributed by atoms with Gasteiger partial charge >= 0.3 is 0 Å². The van der Waals surface area contributed by atoms with E-state index in [2.05, 4.69) is 19.1 Å². The summed E-state index contributed by atoms with van der Waals surface area (Å²) in [6, 6.07) is 0. The van der Waals surface area contributed by atoms with Crippen LogP contribution < -0.4 is 0 Å². The maximum absolute atomic E-state index is 10.2. The molecule has 1 heteroatoms. The lowest BCUT2D eigenvalue weighted by Gasteiger charge is -1.99. The molecule has 1 unspecified atom stereocenters. The fourth-order valence-electron chi connectivity index (χ4n) is 1.86. The monoisotopic (exact) mass is 239 g/mol. The summed E-state index contributed by atoms with van der Waals surface area (Å²) < 4.78 is 7.29. The molecule has 0 N–H and O–H groups in total. The summed E-state index contributed by atoms with van der Waals surface area (Å²) >= 11 is 0. The molecule has 0 radical (unpaired) electrons. The molecule has 0 fully saturated rings. The SMILES string of the molecule is [2H]C(C=O)CCCCCCCC/C=C\CCCC. The van der Waals surface area contributed by atoms with Crippen molar-refractivity contribution in [1.82, 2.24) is 0 Å². The van der Waals surface area contributed by atoms with Gasteiger partial charge in [-0.2, -0.15) is 0 Å². The van der Waals surface area contributed by atoms with E-state index in [0.29, 0.717) is 0 Å². The van der Waals surface area contributed by atoms with E-state index in [1.54, 1.807) is 0 Å². The summed E-state index contributed by atoms with van der Waals surface area (Å²) in [4.78, 5) is 10.2. The van der Waals surface area contributed by atoms with E-state index in [9.17, 15) is 4.79 Å². The smallest absolute Gasteiger partial charge is 0.119 e. The maximum atomic E-state index is 10.2. The Morgan fingerprint density at radius 3 is 1.94 bits per heavy atom. The van der Waals surface area contributed by atoms with E-state index in [1.165, 1.54) is 57.8 Å². The van der Waals surface area contributed by atoms with Gasteiger partial charge in [-0.05, 0) is 25.7 Å². The van der Waals surface area contributed by atoms with Crippen molar-refractivity contribution in [3.8, 4) is 0 Å². The average molecular weight is 239 g/mol. The predicted octanol–water partition coefficient (Wildman–Crippen LogP) is 5.44. The molecule has 17 heavy (non-hydrogen) atoms. The fraction of sp³-hybridized carbons (Fsp3) is 0.812. The summed E-state index contributed by atoms with van der Waals surface area (Å²) in [5, 5.41) is 0. The quantitative estimate of drug-likeness (QED) is 0.237. The van der Waals surface area contributed by atoms with Crippen molar-refractivity contribution in [2.45, 2.75) is 83.9 Å². The average Bonchev–Trinajstić information content (AvgIpc) is 2.39. The normalized spacial score (nSPS) is 13.8. The van der Waals surface area contributed by atoms with Crippen molar-refractivity contribution >= 4 is 6.29 Å². The highest BCUT2D eigenvalue weighted by atomic mass is 16.1. The van der Waals surface area contributed by atoms with Gasteiger partial charge in [0, 0.05) is 7.77 Å². The Labute approximate surface area is 109 Å². The lowest BCUT2D eigenvalue weighted by Crippen LogP contribution is -1.81. The third-order valence-corrected chi connectivity index (χ3v) is 2.98. The first-order chi connectivity index (χ1) is 8.81. The number of carbonyl (C=O) groups is 1. The molecule has 100 valence electrons. The van der Waals surface area contributed by atoms with Crippen LogP contribution in [0.2, 0.25) is 0 Å². The van der Waals surface area contributed by atoms with Crippen LogP contribution in [0, 0.1) is 0 Å². The first-order valence-corrected chi connectivity index (χ1v) is 7.33. The molecule has 0 aliphatic heterocycles. The molecule has 0 amide bonds. The first-order valence-electron chi connectivity index (χ1n) is 7.91. The Hall–Kier alpha value is -0.590. The summed E-state index contributed by atoms with van der Waals surface area (Å²) in [5.41, 5.74) is 0. The first kappa shape index (κ1) is 14.5. The summed E-state index contributed by atoms with van der Waals surface area (Å²) in [6.45, 7) is 2.23. The van der Waals surface area contributed by atoms with Gasteiger partial charge in [0.2, 0.25) is 0 Å². The Morgan fingerprint density at radius 2 is 1.35 bits per heavy atom. The summed E-state index contributed by atoms with van der Waals surface area (Å²) in [5.74, 6) is 0. The standard InChI is InChI=1S/C16H30O/c1-2-3-4-5-6-7-8-9-10-11-12-13-14-15-16-17/h5-6,16H,2-4,7-15H2,1H3/b6-5-/i15D. The fourth-order valence-corrected chi connectivity index (χ4v) is 1.86. The van der Waals surface area contributed by atoms with Crippen LogP contribution in [0.1, 0.15) is 85.3 Å².